The molecule has 1 unspecified atom stereocenters. The van der Waals surface area contributed by atoms with Gasteiger partial charge in [-0.3, -0.25) is 0 Å². The molecule has 2 aromatic rings. The third-order valence-electron chi connectivity index (χ3n) is 5.08. The van der Waals surface area contributed by atoms with Crippen molar-refractivity contribution in [3.05, 3.63) is 64.5 Å². The number of hydrogen-bond acceptors (Lipinski definition) is 2. The Balaban J connectivity index is 1.89. The Kier molecular flexibility index (Phi) is 3.19. The molecule has 0 saturated carbocycles. The molecule has 0 radical (unpaired) electrons. The highest BCUT2D eigenvalue weighted by atomic mass is 19.1. The fraction of sp³-hybridized carbons (Fsp3) is 0.368. The van der Waals surface area contributed by atoms with Gasteiger partial charge in [-0.05, 0) is 41.8 Å². The van der Waals surface area contributed by atoms with Gasteiger partial charge in [0.1, 0.15) is 5.82 Å². The molecule has 2 aromatic carbocycles. The minimum absolute atomic E-state index is 0.0948. The van der Waals surface area contributed by atoms with Crippen LogP contribution < -0.4 is 4.90 Å². The minimum atomic E-state index is -0.0948. The molecule has 2 aliphatic heterocycles. The molecule has 0 N–H and O–H groups in total. The van der Waals surface area contributed by atoms with E-state index < -0.39 is 0 Å². The van der Waals surface area contributed by atoms with Gasteiger partial charge < -0.3 is 9.80 Å². The van der Waals surface area contributed by atoms with E-state index in [0.717, 1.165) is 31.6 Å². The second-order valence-corrected chi connectivity index (χ2v) is 6.58. The maximum absolute atomic E-state index is 14.3. The first kappa shape index (κ1) is 13.8. The minimum Gasteiger partial charge on any atom is -0.374 e. The summed E-state index contributed by atoms with van der Waals surface area (Å²) in [4.78, 5) is 4.66. The van der Waals surface area contributed by atoms with Crippen LogP contribution in [0.5, 0.6) is 0 Å². The molecule has 0 fully saturated rings. The van der Waals surface area contributed by atoms with Crippen LogP contribution in [0.2, 0.25) is 0 Å². The standard InChI is InChI=1S/C19H21FN2/c1-21-11-16(15-5-3-4-6-18(15)20)14-8-7-13-9-10-22(2)19(13)17(14)12-21/h3-8,16H,9-12H2,1-2H3. The Hall–Kier alpha value is -1.87. The number of benzene rings is 2. The first-order valence-electron chi connectivity index (χ1n) is 7.94. The highest BCUT2D eigenvalue weighted by Crippen LogP contribution is 2.41. The zero-order chi connectivity index (χ0) is 15.3. The van der Waals surface area contributed by atoms with Crippen LogP contribution in [-0.2, 0) is 13.0 Å². The average Bonchev–Trinajstić information content (AvgIpc) is 2.89. The van der Waals surface area contributed by atoms with Crippen molar-refractivity contribution in [1.82, 2.24) is 4.90 Å². The van der Waals surface area contributed by atoms with Crippen molar-refractivity contribution in [2.24, 2.45) is 0 Å². The molecule has 2 aliphatic rings. The van der Waals surface area contributed by atoms with Crippen molar-refractivity contribution in [2.45, 2.75) is 18.9 Å². The summed E-state index contributed by atoms with van der Waals surface area (Å²) in [7, 11) is 4.30. The predicted octanol–water partition coefficient (Wildman–Crippen LogP) is 3.40. The summed E-state index contributed by atoms with van der Waals surface area (Å²) in [5.74, 6) is 0.0249. The van der Waals surface area contributed by atoms with E-state index in [-0.39, 0.29) is 11.7 Å². The lowest BCUT2D eigenvalue weighted by atomic mass is 9.83. The molecule has 0 amide bonds. The normalized spacial score (nSPS) is 20.9. The van der Waals surface area contributed by atoms with Gasteiger partial charge in [-0.15, -0.1) is 0 Å². The summed E-state index contributed by atoms with van der Waals surface area (Å²) in [5, 5.41) is 0. The third-order valence-corrected chi connectivity index (χ3v) is 5.08. The van der Waals surface area contributed by atoms with Crippen molar-refractivity contribution in [3.8, 4) is 0 Å². The molecule has 22 heavy (non-hydrogen) atoms. The molecule has 2 nitrogen and oxygen atoms in total. The quantitative estimate of drug-likeness (QED) is 0.796. The van der Waals surface area contributed by atoms with E-state index in [4.69, 9.17) is 0 Å². The maximum atomic E-state index is 14.3. The van der Waals surface area contributed by atoms with Crippen molar-refractivity contribution in [2.75, 3.05) is 32.1 Å². The van der Waals surface area contributed by atoms with Gasteiger partial charge in [0.2, 0.25) is 0 Å². The Morgan fingerprint density at radius 2 is 1.86 bits per heavy atom. The van der Waals surface area contributed by atoms with E-state index >= 15 is 0 Å². The van der Waals surface area contributed by atoms with E-state index in [0.29, 0.717) is 0 Å². The Morgan fingerprint density at radius 1 is 1.05 bits per heavy atom. The van der Waals surface area contributed by atoms with Crippen LogP contribution in [0.4, 0.5) is 10.1 Å². The van der Waals surface area contributed by atoms with E-state index in [1.54, 1.807) is 12.1 Å². The number of nitrogens with zero attached hydrogens (tertiary/aromatic N) is 2. The average molecular weight is 296 g/mol. The smallest absolute Gasteiger partial charge is 0.127 e. The molecule has 0 aliphatic carbocycles. The van der Waals surface area contributed by atoms with E-state index in [1.165, 1.54) is 22.4 Å². The zero-order valence-corrected chi connectivity index (χ0v) is 13.1. The van der Waals surface area contributed by atoms with Crippen molar-refractivity contribution in [1.29, 1.82) is 0 Å². The molecule has 1 atom stereocenters. The summed E-state index contributed by atoms with van der Waals surface area (Å²) in [5.41, 5.74) is 6.32. The van der Waals surface area contributed by atoms with Crippen LogP contribution in [0.1, 0.15) is 28.2 Å². The van der Waals surface area contributed by atoms with Gasteiger partial charge in [0.15, 0.2) is 0 Å². The molecular formula is C19H21FN2. The molecule has 0 bridgehead atoms. The highest BCUT2D eigenvalue weighted by Gasteiger charge is 2.31. The monoisotopic (exact) mass is 296 g/mol. The van der Waals surface area contributed by atoms with Crippen LogP contribution in [0.15, 0.2) is 36.4 Å². The van der Waals surface area contributed by atoms with Gasteiger partial charge in [0, 0.05) is 38.3 Å². The summed E-state index contributed by atoms with van der Waals surface area (Å²) in [6.07, 6.45) is 1.12. The fourth-order valence-corrected chi connectivity index (χ4v) is 4.04. The van der Waals surface area contributed by atoms with Crippen LogP contribution in [-0.4, -0.2) is 32.1 Å². The van der Waals surface area contributed by atoms with Gasteiger partial charge in [-0.25, -0.2) is 4.39 Å². The van der Waals surface area contributed by atoms with Crippen molar-refractivity contribution >= 4 is 5.69 Å². The lowest BCUT2D eigenvalue weighted by Gasteiger charge is -2.35. The third kappa shape index (κ3) is 2.03. The molecular weight excluding hydrogens is 275 g/mol. The number of halogens is 1. The van der Waals surface area contributed by atoms with E-state index in [1.807, 2.05) is 12.1 Å². The molecule has 4 rings (SSSR count). The fourth-order valence-electron chi connectivity index (χ4n) is 4.04. The summed E-state index contributed by atoms with van der Waals surface area (Å²) in [6.45, 7) is 2.91. The Labute approximate surface area is 131 Å². The van der Waals surface area contributed by atoms with Crippen LogP contribution >= 0.6 is 0 Å². The van der Waals surface area contributed by atoms with Crippen LogP contribution in [0.3, 0.4) is 0 Å². The van der Waals surface area contributed by atoms with Crippen LogP contribution in [0.25, 0.3) is 0 Å². The number of likely N-dealkylation sites (N-methyl/N-ethyl adjacent to an activating group) is 2. The maximum Gasteiger partial charge on any atom is 0.127 e. The molecule has 0 aromatic heterocycles. The van der Waals surface area contributed by atoms with Crippen LogP contribution in [0, 0.1) is 5.82 Å². The molecule has 2 heterocycles. The Bertz CT molecular complexity index is 725. The highest BCUT2D eigenvalue weighted by molar-refractivity contribution is 5.67. The van der Waals surface area contributed by atoms with Crippen molar-refractivity contribution in [3.63, 3.8) is 0 Å². The topological polar surface area (TPSA) is 6.48 Å². The van der Waals surface area contributed by atoms with Gasteiger partial charge in [-0.2, -0.15) is 0 Å². The van der Waals surface area contributed by atoms with E-state index in [9.17, 15) is 4.39 Å². The van der Waals surface area contributed by atoms with E-state index in [2.05, 4.69) is 36.0 Å². The number of hydrogen-bond donors (Lipinski definition) is 0. The molecule has 3 heteroatoms. The van der Waals surface area contributed by atoms with Gasteiger partial charge in [0.05, 0.1) is 0 Å². The second kappa shape index (κ2) is 5.10. The molecule has 0 spiro atoms. The zero-order valence-electron chi connectivity index (χ0n) is 13.1. The summed E-state index contributed by atoms with van der Waals surface area (Å²) < 4.78 is 14.3. The lowest BCUT2D eigenvalue weighted by molar-refractivity contribution is 0.293. The first-order valence-corrected chi connectivity index (χ1v) is 7.94. The lowest BCUT2D eigenvalue weighted by Crippen LogP contribution is -2.32. The van der Waals surface area contributed by atoms with Gasteiger partial charge in [0.25, 0.3) is 0 Å². The predicted molar refractivity (Wildman–Crippen MR) is 88.0 cm³/mol. The largest absolute Gasteiger partial charge is 0.374 e. The SMILES string of the molecule is CN1Cc2c(ccc3c2N(C)CC3)C(c2ccccc2F)C1. The molecule has 114 valence electrons. The number of fused-ring (bicyclic) bond motifs is 3. The summed E-state index contributed by atoms with van der Waals surface area (Å²) >= 11 is 0. The summed E-state index contributed by atoms with van der Waals surface area (Å²) in [6, 6.07) is 11.7. The van der Waals surface area contributed by atoms with Crippen molar-refractivity contribution < 1.29 is 4.39 Å². The van der Waals surface area contributed by atoms with Gasteiger partial charge >= 0.3 is 0 Å². The number of rotatable bonds is 1. The number of anilines is 1. The molecule has 0 saturated heterocycles. The van der Waals surface area contributed by atoms with Gasteiger partial charge in [-0.1, -0.05) is 30.3 Å². The first-order chi connectivity index (χ1) is 10.6. The Morgan fingerprint density at radius 3 is 2.68 bits per heavy atom. The second-order valence-electron chi connectivity index (χ2n) is 6.58.